The largest absolute Gasteiger partial charge is 0.492 e. The standard InChI is InChI=1S/C16H24N2O.2ClH/c1-17(2)9-10-19-15-11-13-5-3-7-18-8-4-6-14(12-15)16(13)18;;/h11-12H,3-10H2,1-2H3;2*1H. The number of likely N-dealkylation sites (N-methyl/N-ethyl adjacent to an activating group) is 1. The Morgan fingerprint density at radius 1 is 1.05 bits per heavy atom. The van der Waals surface area contributed by atoms with Gasteiger partial charge in [-0.2, -0.15) is 0 Å². The lowest BCUT2D eigenvalue weighted by atomic mass is 9.92. The van der Waals surface area contributed by atoms with E-state index >= 15 is 0 Å². The summed E-state index contributed by atoms with van der Waals surface area (Å²) in [6.07, 6.45) is 4.99. The summed E-state index contributed by atoms with van der Waals surface area (Å²) >= 11 is 0. The van der Waals surface area contributed by atoms with Gasteiger partial charge in [-0.1, -0.05) is 0 Å². The maximum atomic E-state index is 5.92. The Bertz CT molecular complexity index is 435. The first kappa shape index (κ1) is 18.4. The smallest absolute Gasteiger partial charge is 0.120 e. The van der Waals surface area contributed by atoms with Crippen LogP contribution < -0.4 is 9.64 Å². The number of hydrogen-bond donors (Lipinski definition) is 0. The first-order valence-corrected chi connectivity index (χ1v) is 7.42. The van der Waals surface area contributed by atoms with Gasteiger partial charge in [0, 0.05) is 25.3 Å². The van der Waals surface area contributed by atoms with Crippen LogP contribution in [0, 0.1) is 0 Å². The molecule has 3 rings (SSSR count). The number of rotatable bonds is 4. The summed E-state index contributed by atoms with van der Waals surface area (Å²) < 4.78 is 5.92. The van der Waals surface area contributed by atoms with Crippen LogP contribution in [0.2, 0.25) is 0 Å². The highest BCUT2D eigenvalue weighted by molar-refractivity contribution is 5.85. The van der Waals surface area contributed by atoms with Crippen LogP contribution in [-0.2, 0) is 12.8 Å². The van der Waals surface area contributed by atoms with E-state index in [1.54, 1.807) is 0 Å². The molecule has 0 bridgehead atoms. The molecule has 3 nitrogen and oxygen atoms in total. The van der Waals surface area contributed by atoms with Crippen LogP contribution in [0.3, 0.4) is 0 Å². The number of ether oxygens (including phenoxy) is 1. The average Bonchev–Trinajstić information content (AvgIpc) is 2.39. The molecule has 2 aliphatic heterocycles. The number of aryl methyl sites for hydroxylation is 2. The van der Waals surface area contributed by atoms with Crippen molar-refractivity contribution in [1.82, 2.24) is 4.90 Å². The zero-order chi connectivity index (χ0) is 13.2. The second-order valence-corrected chi connectivity index (χ2v) is 5.94. The molecule has 0 fully saturated rings. The van der Waals surface area contributed by atoms with E-state index in [1.807, 2.05) is 0 Å². The molecule has 21 heavy (non-hydrogen) atoms. The van der Waals surface area contributed by atoms with Gasteiger partial charge >= 0.3 is 0 Å². The van der Waals surface area contributed by atoms with Crippen LogP contribution in [0.4, 0.5) is 5.69 Å². The summed E-state index contributed by atoms with van der Waals surface area (Å²) in [5, 5.41) is 0. The van der Waals surface area contributed by atoms with E-state index in [-0.39, 0.29) is 24.8 Å². The quantitative estimate of drug-likeness (QED) is 0.842. The van der Waals surface area contributed by atoms with Crippen LogP contribution in [0.5, 0.6) is 5.75 Å². The summed E-state index contributed by atoms with van der Waals surface area (Å²) in [6.45, 7) is 4.22. The van der Waals surface area contributed by atoms with E-state index < -0.39 is 0 Å². The molecule has 1 aromatic rings. The Kier molecular flexibility index (Phi) is 7.11. The van der Waals surface area contributed by atoms with E-state index in [1.165, 1.54) is 55.6 Å². The highest BCUT2D eigenvalue weighted by Crippen LogP contribution is 2.37. The lowest BCUT2D eigenvalue weighted by molar-refractivity contribution is 0.261. The Hall–Kier alpha value is -0.640. The molecule has 0 aliphatic carbocycles. The molecular formula is C16H26Cl2N2O. The highest BCUT2D eigenvalue weighted by Gasteiger charge is 2.24. The van der Waals surface area contributed by atoms with E-state index in [4.69, 9.17) is 4.74 Å². The van der Waals surface area contributed by atoms with Gasteiger partial charge in [0.25, 0.3) is 0 Å². The third kappa shape index (κ3) is 4.18. The van der Waals surface area contributed by atoms with Crippen molar-refractivity contribution in [3.8, 4) is 5.75 Å². The SMILES string of the molecule is CN(C)CCOc1cc2c3c(c1)CCCN3CCC2.Cl.Cl. The fourth-order valence-corrected chi connectivity index (χ4v) is 3.20. The Labute approximate surface area is 140 Å². The van der Waals surface area contributed by atoms with Crippen LogP contribution in [-0.4, -0.2) is 45.2 Å². The lowest BCUT2D eigenvalue weighted by Crippen LogP contribution is -2.34. The van der Waals surface area contributed by atoms with Gasteiger partial charge in [0.2, 0.25) is 0 Å². The molecule has 0 saturated heterocycles. The van der Waals surface area contributed by atoms with Crippen molar-refractivity contribution >= 4 is 30.5 Å². The van der Waals surface area contributed by atoms with Crippen molar-refractivity contribution in [2.24, 2.45) is 0 Å². The zero-order valence-electron chi connectivity index (χ0n) is 12.9. The average molecular weight is 333 g/mol. The minimum atomic E-state index is 0. The van der Waals surface area contributed by atoms with Crippen LogP contribution in [0.1, 0.15) is 24.0 Å². The topological polar surface area (TPSA) is 15.7 Å². The fraction of sp³-hybridized carbons (Fsp3) is 0.625. The molecule has 0 saturated carbocycles. The van der Waals surface area contributed by atoms with Gasteiger partial charge in [-0.3, -0.25) is 0 Å². The van der Waals surface area contributed by atoms with Crippen LogP contribution in [0.15, 0.2) is 12.1 Å². The van der Waals surface area contributed by atoms with E-state index in [0.29, 0.717) is 0 Å². The van der Waals surface area contributed by atoms with Crippen molar-refractivity contribution in [2.75, 3.05) is 45.2 Å². The molecule has 2 heterocycles. The second kappa shape index (κ2) is 8.11. The third-order valence-corrected chi connectivity index (χ3v) is 4.11. The summed E-state index contributed by atoms with van der Waals surface area (Å²) in [6, 6.07) is 4.54. The minimum Gasteiger partial charge on any atom is -0.492 e. The lowest BCUT2D eigenvalue weighted by Gasteiger charge is -2.37. The van der Waals surface area contributed by atoms with Crippen LogP contribution >= 0.6 is 24.8 Å². The molecule has 0 spiro atoms. The molecule has 0 N–H and O–H groups in total. The summed E-state index contributed by atoms with van der Waals surface area (Å²) in [5.74, 6) is 1.07. The normalized spacial score (nSPS) is 15.9. The number of anilines is 1. The number of benzene rings is 1. The number of nitrogens with zero attached hydrogens (tertiary/aromatic N) is 2. The Morgan fingerprint density at radius 3 is 2.14 bits per heavy atom. The second-order valence-electron chi connectivity index (χ2n) is 5.94. The highest BCUT2D eigenvalue weighted by atomic mass is 35.5. The van der Waals surface area contributed by atoms with Crippen molar-refractivity contribution in [2.45, 2.75) is 25.7 Å². The molecule has 120 valence electrons. The molecule has 2 aliphatic rings. The van der Waals surface area contributed by atoms with Gasteiger partial charge in [0.05, 0.1) is 0 Å². The number of hydrogen-bond acceptors (Lipinski definition) is 3. The Morgan fingerprint density at radius 2 is 1.62 bits per heavy atom. The van der Waals surface area contributed by atoms with Crippen LogP contribution in [0.25, 0.3) is 0 Å². The molecule has 1 aromatic carbocycles. The van der Waals surface area contributed by atoms with Gasteiger partial charge in [-0.15, -0.1) is 24.8 Å². The molecule has 5 heteroatoms. The summed E-state index contributed by atoms with van der Waals surface area (Å²) in [5.41, 5.74) is 4.53. The van der Waals surface area contributed by atoms with Gasteiger partial charge in [-0.05, 0) is 63.0 Å². The predicted octanol–water partition coefficient (Wildman–Crippen LogP) is 3.17. The van der Waals surface area contributed by atoms with Gasteiger partial charge in [0.15, 0.2) is 0 Å². The maximum absolute atomic E-state index is 5.92. The minimum absolute atomic E-state index is 0. The Balaban J connectivity index is 0.00000110. The van der Waals surface area contributed by atoms with Crippen molar-refractivity contribution in [1.29, 1.82) is 0 Å². The van der Waals surface area contributed by atoms with E-state index in [0.717, 1.165) is 18.9 Å². The maximum Gasteiger partial charge on any atom is 0.120 e. The fourth-order valence-electron chi connectivity index (χ4n) is 3.20. The van der Waals surface area contributed by atoms with E-state index in [9.17, 15) is 0 Å². The first-order valence-electron chi connectivity index (χ1n) is 7.42. The van der Waals surface area contributed by atoms with E-state index in [2.05, 4.69) is 36.0 Å². The third-order valence-electron chi connectivity index (χ3n) is 4.11. The van der Waals surface area contributed by atoms with Gasteiger partial charge in [-0.25, -0.2) is 0 Å². The molecule has 0 unspecified atom stereocenters. The molecular weight excluding hydrogens is 307 g/mol. The van der Waals surface area contributed by atoms with Crippen molar-refractivity contribution in [3.05, 3.63) is 23.3 Å². The van der Waals surface area contributed by atoms with Crippen molar-refractivity contribution < 1.29 is 4.74 Å². The summed E-state index contributed by atoms with van der Waals surface area (Å²) in [7, 11) is 4.16. The zero-order valence-corrected chi connectivity index (χ0v) is 14.6. The molecule has 0 amide bonds. The van der Waals surface area contributed by atoms with Gasteiger partial charge < -0.3 is 14.5 Å². The molecule has 0 radical (unpaired) electrons. The summed E-state index contributed by atoms with van der Waals surface area (Å²) in [4.78, 5) is 4.73. The first-order chi connectivity index (χ1) is 9.24. The predicted molar refractivity (Wildman–Crippen MR) is 93.8 cm³/mol. The van der Waals surface area contributed by atoms with Crippen molar-refractivity contribution in [3.63, 3.8) is 0 Å². The molecule has 0 aromatic heterocycles. The van der Waals surface area contributed by atoms with Gasteiger partial charge in [0.1, 0.15) is 12.4 Å². The molecule has 0 atom stereocenters. The number of halogens is 2. The monoisotopic (exact) mass is 332 g/mol.